The predicted octanol–water partition coefficient (Wildman–Crippen LogP) is 2.19. The third kappa shape index (κ3) is 1.96. The van der Waals surface area contributed by atoms with Crippen LogP contribution < -0.4 is 5.32 Å². The van der Waals surface area contributed by atoms with Crippen LogP contribution in [-0.4, -0.2) is 29.8 Å². The van der Waals surface area contributed by atoms with E-state index in [0.717, 1.165) is 18.7 Å². The molecule has 3 aromatic heterocycles. The summed E-state index contributed by atoms with van der Waals surface area (Å²) >= 11 is 6.08. The van der Waals surface area contributed by atoms with Crippen molar-refractivity contribution in [1.29, 1.82) is 0 Å². The summed E-state index contributed by atoms with van der Waals surface area (Å²) in [5.74, 6) is 1.93. The van der Waals surface area contributed by atoms with Gasteiger partial charge in [-0.15, -0.1) is 10.2 Å². The largest absolute Gasteiger partial charge is 0.336 e. The molecule has 1 N–H and O–H groups in total. The molecular weight excluding hydrogens is 278 g/mol. The lowest BCUT2D eigenvalue weighted by Crippen LogP contribution is -2.02. The second kappa shape index (κ2) is 4.38. The van der Waals surface area contributed by atoms with Gasteiger partial charge in [-0.25, -0.2) is 4.98 Å². The molecule has 0 unspecified atom stereocenters. The zero-order valence-electron chi connectivity index (χ0n) is 10.4. The summed E-state index contributed by atoms with van der Waals surface area (Å²) in [6.07, 6.45) is 7.11. The lowest BCUT2D eigenvalue weighted by Gasteiger charge is -2.06. The van der Waals surface area contributed by atoms with Gasteiger partial charge in [0.15, 0.2) is 11.0 Å². The number of nitrogens with zero attached hydrogens (tertiary/aromatic N) is 6. The SMILES string of the molecule is Clc1cc(Nc2cnccn2)c2nnc(C3CC3)n2n1. The maximum absolute atomic E-state index is 6.08. The molecule has 4 rings (SSSR count). The standard InChI is InChI=1S/C12H10ClN7/c13-9-5-8(16-10-6-14-3-4-15-10)12-18-17-11(7-1-2-7)20(12)19-9/h3-7H,1-2H2,(H,15,16). The van der Waals surface area contributed by atoms with Gasteiger partial charge in [0, 0.05) is 24.4 Å². The minimum Gasteiger partial charge on any atom is -0.336 e. The van der Waals surface area contributed by atoms with Crippen LogP contribution in [0.15, 0.2) is 24.7 Å². The Morgan fingerprint density at radius 1 is 1.25 bits per heavy atom. The van der Waals surface area contributed by atoms with Gasteiger partial charge in [-0.1, -0.05) is 11.6 Å². The van der Waals surface area contributed by atoms with E-state index in [1.54, 1.807) is 29.2 Å². The first-order valence-electron chi connectivity index (χ1n) is 6.26. The second-order valence-electron chi connectivity index (χ2n) is 4.66. The molecule has 0 bridgehead atoms. The number of anilines is 2. The van der Waals surface area contributed by atoms with Crippen molar-refractivity contribution in [2.24, 2.45) is 0 Å². The summed E-state index contributed by atoms with van der Waals surface area (Å²) in [7, 11) is 0. The van der Waals surface area contributed by atoms with Gasteiger partial charge >= 0.3 is 0 Å². The van der Waals surface area contributed by atoms with Crippen LogP contribution in [0.5, 0.6) is 0 Å². The van der Waals surface area contributed by atoms with Crippen LogP contribution in [0.1, 0.15) is 24.6 Å². The van der Waals surface area contributed by atoms with Gasteiger partial charge in [0.25, 0.3) is 0 Å². The lowest BCUT2D eigenvalue weighted by molar-refractivity contribution is 0.815. The molecule has 0 atom stereocenters. The number of halogens is 1. The van der Waals surface area contributed by atoms with Gasteiger partial charge in [-0.05, 0) is 12.8 Å². The fourth-order valence-electron chi connectivity index (χ4n) is 2.06. The van der Waals surface area contributed by atoms with Crippen LogP contribution in [0.2, 0.25) is 5.15 Å². The number of rotatable bonds is 3. The maximum Gasteiger partial charge on any atom is 0.201 e. The van der Waals surface area contributed by atoms with Crippen LogP contribution in [-0.2, 0) is 0 Å². The smallest absolute Gasteiger partial charge is 0.201 e. The van der Waals surface area contributed by atoms with Crippen LogP contribution in [0.25, 0.3) is 5.65 Å². The summed E-state index contributed by atoms with van der Waals surface area (Å²) < 4.78 is 1.71. The van der Waals surface area contributed by atoms with Crippen molar-refractivity contribution < 1.29 is 0 Å². The minimum atomic E-state index is 0.380. The molecule has 0 aliphatic heterocycles. The summed E-state index contributed by atoms with van der Waals surface area (Å²) in [6, 6.07) is 1.71. The second-order valence-corrected chi connectivity index (χ2v) is 5.05. The maximum atomic E-state index is 6.08. The Morgan fingerprint density at radius 2 is 2.15 bits per heavy atom. The van der Waals surface area contributed by atoms with E-state index < -0.39 is 0 Å². The van der Waals surface area contributed by atoms with Gasteiger partial charge in [0.05, 0.1) is 11.9 Å². The number of fused-ring (bicyclic) bond motifs is 1. The van der Waals surface area contributed by atoms with E-state index >= 15 is 0 Å². The van der Waals surface area contributed by atoms with Crippen LogP contribution in [0, 0.1) is 0 Å². The fraction of sp³-hybridized carbons (Fsp3) is 0.250. The first-order chi connectivity index (χ1) is 9.81. The minimum absolute atomic E-state index is 0.380. The molecule has 0 amide bonds. The predicted molar refractivity (Wildman–Crippen MR) is 73.1 cm³/mol. The molecule has 1 aliphatic carbocycles. The molecule has 0 saturated heterocycles. The molecule has 100 valence electrons. The number of aromatic nitrogens is 6. The molecule has 0 radical (unpaired) electrons. The zero-order valence-corrected chi connectivity index (χ0v) is 11.1. The molecule has 0 spiro atoms. The Morgan fingerprint density at radius 3 is 2.90 bits per heavy atom. The number of hydrogen-bond acceptors (Lipinski definition) is 6. The average Bonchev–Trinajstić information content (AvgIpc) is 3.20. The van der Waals surface area contributed by atoms with Gasteiger partial charge in [-0.3, -0.25) is 4.98 Å². The van der Waals surface area contributed by atoms with Gasteiger partial charge in [0.1, 0.15) is 5.82 Å². The molecule has 1 saturated carbocycles. The van der Waals surface area contributed by atoms with E-state index in [-0.39, 0.29) is 0 Å². The molecule has 1 aliphatic rings. The number of hydrogen-bond donors (Lipinski definition) is 1. The van der Waals surface area contributed by atoms with E-state index in [0.29, 0.717) is 28.2 Å². The van der Waals surface area contributed by atoms with Gasteiger partial charge in [-0.2, -0.15) is 9.61 Å². The van der Waals surface area contributed by atoms with Crippen LogP contribution in [0.4, 0.5) is 11.5 Å². The monoisotopic (exact) mass is 287 g/mol. The van der Waals surface area contributed by atoms with Crippen molar-refractivity contribution >= 4 is 28.8 Å². The third-order valence-electron chi connectivity index (χ3n) is 3.13. The Labute approximate surface area is 119 Å². The molecule has 3 aromatic rings. The van der Waals surface area contributed by atoms with E-state index in [4.69, 9.17) is 11.6 Å². The fourth-order valence-corrected chi connectivity index (χ4v) is 2.24. The van der Waals surface area contributed by atoms with Crippen molar-refractivity contribution in [3.8, 4) is 0 Å². The normalized spacial score (nSPS) is 14.7. The average molecular weight is 288 g/mol. The highest BCUT2D eigenvalue weighted by Crippen LogP contribution is 2.39. The van der Waals surface area contributed by atoms with Crippen molar-refractivity contribution in [1.82, 2.24) is 29.8 Å². The zero-order chi connectivity index (χ0) is 13.5. The third-order valence-corrected chi connectivity index (χ3v) is 3.32. The molecule has 20 heavy (non-hydrogen) atoms. The molecule has 0 aromatic carbocycles. The first-order valence-corrected chi connectivity index (χ1v) is 6.64. The molecule has 8 heteroatoms. The first kappa shape index (κ1) is 11.5. The molecule has 7 nitrogen and oxygen atoms in total. The van der Waals surface area contributed by atoms with Gasteiger partial charge < -0.3 is 5.32 Å². The Balaban J connectivity index is 1.82. The van der Waals surface area contributed by atoms with Crippen molar-refractivity contribution in [3.05, 3.63) is 35.6 Å². The Bertz CT molecular complexity index is 766. The Hall–Kier alpha value is -2.28. The highest BCUT2D eigenvalue weighted by Gasteiger charge is 2.30. The summed E-state index contributed by atoms with van der Waals surface area (Å²) in [5.41, 5.74) is 1.35. The van der Waals surface area contributed by atoms with E-state index in [1.165, 1.54) is 0 Å². The molecule has 3 heterocycles. The summed E-state index contributed by atoms with van der Waals surface area (Å²) in [4.78, 5) is 8.18. The highest BCUT2D eigenvalue weighted by molar-refractivity contribution is 6.29. The molecular formula is C12H10ClN7. The van der Waals surface area contributed by atoms with Gasteiger partial charge in [0.2, 0.25) is 5.65 Å². The van der Waals surface area contributed by atoms with Crippen molar-refractivity contribution in [3.63, 3.8) is 0 Å². The summed E-state index contributed by atoms with van der Waals surface area (Å²) in [5, 5.41) is 16.2. The topological polar surface area (TPSA) is 80.9 Å². The van der Waals surface area contributed by atoms with Crippen LogP contribution in [0.3, 0.4) is 0 Å². The molecule has 1 fully saturated rings. The lowest BCUT2D eigenvalue weighted by atomic mass is 10.4. The number of nitrogens with one attached hydrogen (secondary N) is 1. The highest BCUT2D eigenvalue weighted by atomic mass is 35.5. The quantitative estimate of drug-likeness (QED) is 0.795. The Kier molecular flexibility index (Phi) is 2.53. The van der Waals surface area contributed by atoms with Crippen LogP contribution >= 0.6 is 11.6 Å². The summed E-state index contributed by atoms with van der Waals surface area (Å²) in [6.45, 7) is 0. The van der Waals surface area contributed by atoms with E-state index in [1.807, 2.05) is 0 Å². The van der Waals surface area contributed by atoms with E-state index in [9.17, 15) is 0 Å². The van der Waals surface area contributed by atoms with Crippen molar-refractivity contribution in [2.45, 2.75) is 18.8 Å². The van der Waals surface area contributed by atoms with E-state index in [2.05, 4.69) is 30.6 Å². The van der Waals surface area contributed by atoms with Crippen molar-refractivity contribution in [2.75, 3.05) is 5.32 Å².